The van der Waals surface area contributed by atoms with Gasteiger partial charge in [-0.3, -0.25) is 0 Å². The van der Waals surface area contributed by atoms with Crippen LogP contribution in [0, 0.1) is 0 Å². The largest absolute Gasteiger partial charge is 0.456 e. The standard InChI is InChI=1S/C49H29N3OS/c1-3-11-30(12-4-1)35-24-36(31-13-5-2-6-14-31)26-38(25-35)49-51-47(50-48(52-49)34-21-22-46-42(27-34)40-16-8-10-18-45(40)54-46)33-20-19-32-29-44-41(28-37(32)23-33)39-15-7-9-17-43(39)53-44/h1-29H. The molecule has 0 aliphatic rings. The molecule has 0 bridgehead atoms. The summed E-state index contributed by atoms with van der Waals surface area (Å²) in [6.07, 6.45) is 0. The number of aromatic nitrogens is 3. The summed E-state index contributed by atoms with van der Waals surface area (Å²) in [6, 6.07) is 61.7. The zero-order valence-corrected chi connectivity index (χ0v) is 29.7. The number of thiophene rings is 1. The average Bonchev–Trinajstić information content (AvgIpc) is 3.80. The maximum absolute atomic E-state index is 6.21. The van der Waals surface area contributed by atoms with Gasteiger partial charge in [0.2, 0.25) is 0 Å². The average molecular weight is 708 g/mol. The van der Waals surface area contributed by atoms with Crippen molar-refractivity contribution in [3.8, 4) is 56.4 Å². The van der Waals surface area contributed by atoms with E-state index in [1.165, 1.54) is 20.2 Å². The molecule has 8 aromatic carbocycles. The van der Waals surface area contributed by atoms with E-state index in [1.54, 1.807) is 0 Å². The van der Waals surface area contributed by atoms with Crippen molar-refractivity contribution in [2.24, 2.45) is 0 Å². The zero-order valence-electron chi connectivity index (χ0n) is 28.9. The second kappa shape index (κ2) is 12.3. The third-order valence-corrected chi connectivity index (χ3v) is 11.4. The smallest absolute Gasteiger partial charge is 0.164 e. The molecule has 0 atom stereocenters. The summed E-state index contributed by atoms with van der Waals surface area (Å²) in [7, 11) is 0. The van der Waals surface area contributed by atoms with Gasteiger partial charge < -0.3 is 4.42 Å². The van der Waals surface area contributed by atoms with Gasteiger partial charge in [0, 0.05) is 47.6 Å². The molecule has 5 heteroatoms. The Morgan fingerprint density at radius 1 is 0.315 bits per heavy atom. The van der Waals surface area contributed by atoms with Crippen molar-refractivity contribution in [1.82, 2.24) is 15.0 Å². The highest BCUT2D eigenvalue weighted by Gasteiger charge is 2.17. The first kappa shape index (κ1) is 30.7. The van der Waals surface area contributed by atoms with Crippen molar-refractivity contribution in [3.63, 3.8) is 0 Å². The van der Waals surface area contributed by atoms with Gasteiger partial charge in [0.1, 0.15) is 11.2 Å². The molecule has 0 N–H and O–H groups in total. The molecule has 0 radical (unpaired) electrons. The maximum atomic E-state index is 6.21. The van der Waals surface area contributed by atoms with E-state index < -0.39 is 0 Å². The number of nitrogens with zero attached hydrogens (tertiary/aromatic N) is 3. The third-order valence-electron chi connectivity index (χ3n) is 10.3. The number of para-hydroxylation sites is 1. The molecule has 0 saturated carbocycles. The molecule has 0 unspecified atom stereocenters. The minimum atomic E-state index is 0.621. The lowest BCUT2D eigenvalue weighted by atomic mass is 9.96. The van der Waals surface area contributed by atoms with E-state index in [0.29, 0.717) is 17.5 Å². The van der Waals surface area contributed by atoms with Crippen LogP contribution in [-0.4, -0.2) is 15.0 Å². The second-order valence-corrected chi connectivity index (χ2v) is 14.7. The molecule has 4 nitrogen and oxygen atoms in total. The molecule has 0 spiro atoms. The Bertz CT molecular complexity index is 3160. The Morgan fingerprint density at radius 3 is 1.63 bits per heavy atom. The minimum absolute atomic E-state index is 0.621. The Labute approximate surface area is 314 Å². The van der Waals surface area contributed by atoms with Gasteiger partial charge in [-0.2, -0.15) is 0 Å². The summed E-state index contributed by atoms with van der Waals surface area (Å²) in [5.74, 6) is 1.88. The van der Waals surface area contributed by atoms with Crippen molar-refractivity contribution in [1.29, 1.82) is 0 Å². The van der Waals surface area contributed by atoms with E-state index in [1.807, 2.05) is 35.6 Å². The van der Waals surface area contributed by atoms with E-state index in [-0.39, 0.29) is 0 Å². The molecular weight excluding hydrogens is 679 g/mol. The van der Waals surface area contributed by atoms with Gasteiger partial charge >= 0.3 is 0 Å². The number of furan rings is 1. The highest BCUT2D eigenvalue weighted by atomic mass is 32.1. The van der Waals surface area contributed by atoms with Gasteiger partial charge in [-0.25, -0.2) is 15.0 Å². The second-order valence-electron chi connectivity index (χ2n) is 13.7. The Kier molecular flexibility index (Phi) is 7.00. The van der Waals surface area contributed by atoms with Crippen molar-refractivity contribution in [2.45, 2.75) is 0 Å². The zero-order chi connectivity index (χ0) is 35.6. The highest BCUT2D eigenvalue weighted by molar-refractivity contribution is 7.25. The number of hydrogen-bond acceptors (Lipinski definition) is 5. The molecule has 0 amide bonds. The lowest BCUT2D eigenvalue weighted by Gasteiger charge is -2.13. The molecular formula is C49H29N3OS. The summed E-state index contributed by atoms with van der Waals surface area (Å²) in [5.41, 5.74) is 9.03. The first-order chi connectivity index (χ1) is 26.7. The molecule has 0 fully saturated rings. The van der Waals surface area contributed by atoms with Gasteiger partial charge in [-0.1, -0.05) is 109 Å². The number of rotatable bonds is 5. The fraction of sp³-hybridized carbons (Fsp3) is 0. The normalized spacial score (nSPS) is 11.7. The van der Waals surface area contributed by atoms with Gasteiger partial charge in [0.05, 0.1) is 0 Å². The molecule has 11 rings (SSSR count). The van der Waals surface area contributed by atoms with Gasteiger partial charge in [0.25, 0.3) is 0 Å². The Morgan fingerprint density at radius 2 is 0.889 bits per heavy atom. The topological polar surface area (TPSA) is 51.8 Å². The van der Waals surface area contributed by atoms with E-state index in [4.69, 9.17) is 19.4 Å². The monoisotopic (exact) mass is 707 g/mol. The van der Waals surface area contributed by atoms with Crippen LogP contribution in [0.1, 0.15) is 0 Å². The van der Waals surface area contributed by atoms with E-state index >= 15 is 0 Å². The van der Waals surface area contributed by atoms with Crippen LogP contribution in [0.25, 0.3) is 109 Å². The molecule has 0 aliphatic heterocycles. The van der Waals surface area contributed by atoms with Crippen LogP contribution < -0.4 is 0 Å². The van der Waals surface area contributed by atoms with E-state index in [9.17, 15) is 0 Å². The van der Waals surface area contributed by atoms with Crippen LogP contribution in [-0.2, 0) is 0 Å². The Balaban J connectivity index is 1.14. The van der Waals surface area contributed by atoms with E-state index in [0.717, 1.165) is 71.7 Å². The summed E-state index contributed by atoms with van der Waals surface area (Å²) < 4.78 is 8.72. The van der Waals surface area contributed by atoms with Crippen molar-refractivity contribution < 1.29 is 4.42 Å². The highest BCUT2D eigenvalue weighted by Crippen LogP contribution is 2.38. The molecule has 11 aromatic rings. The van der Waals surface area contributed by atoms with Crippen LogP contribution >= 0.6 is 11.3 Å². The van der Waals surface area contributed by atoms with Gasteiger partial charge in [-0.15, -0.1) is 11.3 Å². The maximum Gasteiger partial charge on any atom is 0.164 e. The summed E-state index contributed by atoms with van der Waals surface area (Å²) in [6.45, 7) is 0. The number of hydrogen-bond donors (Lipinski definition) is 0. The van der Waals surface area contributed by atoms with Crippen molar-refractivity contribution in [3.05, 3.63) is 176 Å². The van der Waals surface area contributed by atoms with Crippen molar-refractivity contribution >= 4 is 64.2 Å². The predicted octanol–water partition coefficient (Wildman–Crippen LogP) is 13.6. The van der Waals surface area contributed by atoms with Crippen molar-refractivity contribution in [2.75, 3.05) is 0 Å². The van der Waals surface area contributed by atoms with E-state index in [2.05, 4.69) is 152 Å². The molecule has 0 aliphatic carbocycles. The summed E-state index contributed by atoms with van der Waals surface area (Å²) in [4.78, 5) is 15.7. The minimum Gasteiger partial charge on any atom is -0.456 e. The van der Waals surface area contributed by atoms with Crippen LogP contribution in [0.15, 0.2) is 180 Å². The molecule has 0 saturated heterocycles. The van der Waals surface area contributed by atoms with Crippen LogP contribution in [0.5, 0.6) is 0 Å². The third kappa shape index (κ3) is 5.25. The lowest BCUT2D eigenvalue weighted by molar-refractivity contribution is 0.669. The van der Waals surface area contributed by atoms with Crippen LogP contribution in [0.3, 0.4) is 0 Å². The summed E-state index contributed by atoms with van der Waals surface area (Å²) >= 11 is 1.81. The fourth-order valence-corrected chi connectivity index (χ4v) is 8.67. The van der Waals surface area contributed by atoms with Gasteiger partial charge in [0.15, 0.2) is 17.5 Å². The quantitative estimate of drug-likeness (QED) is 0.179. The Hall–Kier alpha value is -6.95. The van der Waals surface area contributed by atoms with Crippen LogP contribution in [0.4, 0.5) is 0 Å². The fourth-order valence-electron chi connectivity index (χ4n) is 7.59. The van der Waals surface area contributed by atoms with Crippen LogP contribution in [0.2, 0.25) is 0 Å². The first-order valence-corrected chi connectivity index (χ1v) is 18.8. The lowest BCUT2D eigenvalue weighted by Crippen LogP contribution is -2.00. The predicted molar refractivity (Wildman–Crippen MR) is 225 cm³/mol. The summed E-state index contributed by atoms with van der Waals surface area (Å²) in [5, 5.41) is 6.83. The first-order valence-electron chi connectivity index (χ1n) is 18.0. The molecule has 3 heterocycles. The number of fused-ring (bicyclic) bond motifs is 7. The molecule has 3 aromatic heterocycles. The molecule has 252 valence electrons. The van der Waals surface area contributed by atoms with Gasteiger partial charge in [-0.05, 0) is 99.8 Å². The SMILES string of the molecule is c1ccc(-c2cc(-c3ccccc3)cc(-c3nc(-c4ccc5cc6oc7ccccc7c6cc5c4)nc(-c4ccc5sc6ccccc6c5c4)n3)c2)cc1. The number of benzene rings is 8. The molecule has 54 heavy (non-hydrogen) atoms.